The molecule has 0 spiro atoms. The van der Waals surface area contributed by atoms with Crippen LogP contribution in [0.1, 0.15) is 228 Å². The quantitative estimate of drug-likeness (QED) is 0.0457. The monoisotopic (exact) mass is 943 g/mol. The Bertz CT molecular complexity index is 2150. The van der Waals surface area contributed by atoms with Crippen LogP contribution < -0.4 is 9.64 Å². The molecule has 6 nitrogen and oxygen atoms in total. The first-order chi connectivity index (χ1) is 32.6. The Labute approximate surface area is 414 Å². The van der Waals surface area contributed by atoms with Crippen molar-refractivity contribution in [3.63, 3.8) is 0 Å². The van der Waals surface area contributed by atoms with E-state index in [2.05, 4.69) is 87.5 Å². The molecule has 0 saturated heterocycles. The van der Waals surface area contributed by atoms with E-state index in [4.69, 9.17) is 9.47 Å². The van der Waals surface area contributed by atoms with E-state index in [1.54, 1.807) is 11.3 Å². The van der Waals surface area contributed by atoms with Crippen molar-refractivity contribution >= 4 is 46.1 Å². The third kappa shape index (κ3) is 15.6. The topological polar surface area (TPSA) is 93.1 Å². The lowest BCUT2D eigenvalue weighted by Gasteiger charge is -2.38. The summed E-state index contributed by atoms with van der Waals surface area (Å²) in [5, 5.41) is 30.1. The number of nitrogens with zero attached hydrogens (tertiary/aromatic N) is 4. The van der Waals surface area contributed by atoms with Crippen LogP contribution in [0.5, 0.6) is 5.75 Å². The molecule has 0 saturated carbocycles. The summed E-state index contributed by atoms with van der Waals surface area (Å²) in [5.74, 6) is 0.939. The highest BCUT2D eigenvalue weighted by Crippen LogP contribution is 2.58. The first kappa shape index (κ1) is 53.7. The lowest BCUT2D eigenvalue weighted by Crippen LogP contribution is -2.35. The molecule has 0 bridgehead atoms. The van der Waals surface area contributed by atoms with Gasteiger partial charge in [0.1, 0.15) is 40.7 Å². The van der Waals surface area contributed by atoms with Gasteiger partial charge >= 0.3 is 0 Å². The third-order valence-corrected chi connectivity index (χ3v) is 16.3. The van der Waals surface area contributed by atoms with Crippen LogP contribution in [-0.2, 0) is 10.3 Å². The fraction of sp³-hybridized carbons (Fsp3) is 0.610. The van der Waals surface area contributed by atoms with E-state index >= 15 is 0 Å². The van der Waals surface area contributed by atoms with Gasteiger partial charge in [0, 0.05) is 40.7 Å². The van der Waals surface area contributed by atoms with E-state index in [0.717, 1.165) is 46.8 Å². The van der Waals surface area contributed by atoms with Crippen molar-refractivity contribution in [1.82, 2.24) is 0 Å². The summed E-state index contributed by atoms with van der Waals surface area (Å²) in [6, 6.07) is 19.4. The van der Waals surface area contributed by atoms with Crippen molar-refractivity contribution in [2.24, 2.45) is 0 Å². The average molecular weight is 943 g/mol. The highest BCUT2D eigenvalue weighted by molar-refractivity contribution is 7.23. The van der Waals surface area contributed by atoms with Gasteiger partial charge < -0.3 is 14.4 Å². The summed E-state index contributed by atoms with van der Waals surface area (Å²) < 4.78 is 13.8. The molecule has 5 rings (SSSR count). The summed E-state index contributed by atoms with van der Waals surface area (Å²) in [7, 11) is 4.14. The van der Waals surface area contributed by atoms with E-state index in [0.29, 0.717) is 5.57 Å². The summed E-state index contributed by atoms with van der Waals surface area (Å²) >= 11 is 3.47. The smallest absolute Gasteiger partial charge is 0.172 e. The molecule has 67 heavy (non-hydrogen) atoms. The molecule has 0 N–H and O–H groups in total. The summed E-state index contributed by atoms with van der Waals surface area (Å²) in [6.45, 7) is 8.41. The van der Waals surface area contributed by atoms with Gasteiger partial charge in [0.05, 0.1) is 9.75 Å². The SMILES string of the molecule is CCCCCCCCCCCCCCCC1(CCCCCCCCCCCCCCC)Oc2cc(C3=C(C#N)C(=C(C#N)C#N)OC3(C)C)sc2-c2sc(/C=C/c3ccc(N(C)C)cc3)cc21. The Hall–Kier alpha value is -4.29. The largest absolute Gasteiger partial charge is 0.481 e. The zero-order valence-corrected chi connectivity index (χ0v) is 44.0. The second-order valence-electron chi connectivity index (χ2n) is 20.0. The molecule has 362 valence electrons. The van der Waals surface area contributed by atoms with Crippen molar-refractivity contribution < 1.29 is 9.47 Å². The minimum absolute atomic E-state index is 0.0711. The molecule has 2 aliphatic rings. The second-order valence-corrected chi connectivity index (χ2v) is 22.1. The molecule has 4 heterocycles. The van der Waals surface area contributed by atoms with Gasteiger partial charge in [-0.05, 0) is 75.4 Å². The summed E-state index contributed by atoms with van der Waals surface area (Å²) in [5.41, 5.74) is 3.04. The number of benzene rings is 1. The minimum Gasteiger partial charge on any atom is -0.481 e. The molecule has 0 fully saturated rings. The number of fused-ring (bicyclic) bond motifs is 3. The molecule has 0 radical (unpaired) electrons. The van der Waals surface area contributed by atoms with Gasteiger partial charge in [-0.1, -0.05) is 186 Å². The Kier molecular flexibility index (Phi) is 22.6. The lowest BCUT2D eigenvalue weighted by atomic mass is 9.81. The second kappa shape index (κ2) is 28.3. The van der Waals surface area contributed by atoms with Crippen LogP contribution in [0.4, 0.5) is 5.69 Å². The number of hydrogen-bond acceptors (Lipinski definition) is 8. The first-order valence-corrected chi connectivity index (χ1v) is 28.1. The van der Waals surface area contributed by atoms with Crippen LogP contribution in [0.2, 0.25) is 0 Å². The van der Waals surface area contributed by atoms with Gasteiger partial charge in [-0.3, -0.25) is 0 Å². The zero-order valence-electron chi connectivity index (χ0n) is 42.3. The molecule has 1 aromatic carbocycles. The summed E-state index contributed by atoms with van der Waals surface area (Å²) in [4.78, 5) is 6.54. The van der Waals surface area contributed by atoms with Crippen LogP contribution in [0.25, 0.3) is 27.5 Å². The molecule has 0 amide bonds. The van der Waals surface area contributed by atoms with Gasteiger partial charge in [-0.15, -0.1) is 22.7 Å². The Morgan fingerprint density at radius 1 is 0.597 bits per heavy atom. The number of thiophene rings is 2. The van der Waals surface area contributed by atoms with Crippen LogP contribution >= 0.6 is 22.7 Å². The number of ether oxygens (including phenoxy) is 2. The number of allylic oxidation sites excluding steroid dienone is 2. The third-order valence-electron chi connectivity index (χ3n) is 13.9. The maximum absolute atomic E-state index is 10.5. The first-order valence-electron chi connectivity index (χ1n) is 26.4. The van der Waals surface area contributed by atoms with Gasteiger partial charge in [0.15, 0.2) is 11.3 Å². The molecular weight excluding hydrogens is 861 g/mol. The maximum atomic E-state index is 10.5. The molecular formula is C59H82N4O2S2. The van der Waals surface area contributed by atoms with Gasteiger partial charge in [0.2, 0.25) is 0 Å². The fourth-order valence-corrected chi connectivity index (χ4v) is 12.6. The molecule has 3 aromatic rings. The number of nitriles is 3. The Balaban J connectivity index is 1.39. The predicted octanol–water partition coefficient (Wildman–Crippen LogP) is 18.7. The van der Waals surface area contributed by atoms with E-state index in [9.17, 15) is 15.8 Å². The van der Waals surface area contributed by atoms with Gasteiger partial charge in [-0.25, -0.2) is 0 Å². The predicted molar refractivity (Wildman–Crippen MR) is 286 cm³/mol. The van der Waals surface area contributed by atoms with Crippen LogP contribution in [0, 0.1) is 34.0 Å². The average Bonchev–Trinajstić information content (AvgIpc) is 4.02. The highest BCUT2D eigenvalue weighted by atomic mass is 32.1. The van der Waals surface area contributed by atoms with Gasteiger partial charge in [-0.2, -0.15) is 15.8 Å². The molecule has 0 unspecified atom stereocenters. The fourth-order valence-electron chi connectivity index (χ4n) is 10.0. The molecule has 0 atom stereocenters. The van der Waals surface area contributed by atoms with Gasteiger partial charge in [0.25, 0.3) is 0 Å². The van der Waals surface area contributed by atoms with Crippen molar-refractivity contribution in [3.8, 4) is 33.7 Å². The van der Waals surface area contributed by atoms with Crippen molar-refractivity contribution in [1.29, 1.82) is 15.8 Å². The number of anilines is 1. The maximum Gasteiger partial charge on any atom is 0.172 e. The zero-order chi connectivity index (χ0) is 47.9. The van der Waals surface area contributed by atoms with E-state index in [1.807, 2.05) is 37.3 Å². The Morgan fingerprint density at radius 2 is 1.07 bits per heavy atom. The normalized spacial score (nSPS) is 14.6. The van der Waals surface area contributed by atoms with Crippen molar-refractivity contribution in [3.05, 3.63) is 74.2 Å². The standard InChI is InChI=1S/C59H82N4O2S2/c1-7-9-11-13-15-17-19-21-23-25-27-29-31-39-59(40-32-30-28-26-24-22-20-18-16-14-12-10-8-2)51-41-49(38-35-46-33-36-48(37-34-46)63(5)6)66-56(51)57-52(64-59)42-53(67-57)54-50(45-62)55(47(43-60)44-61)65-58(54,3)4/h33-38,41-42H,7-32,39-40H2,1-6H3/b38-35+. The lowest BCUT2D eigenvalue weighted by molar-refractivity contribution is 0.0397. The van der Waals surface area contributed by atoms with E-state index in [1.165, 1.54) is 175 Å². The molecule has 2 aromatic heterocycles. The minimum atomic E-state index is -0.915. The summed E-state index contributed by atoms with van der Waals surface area (Å²) in [6.07, 6.45) is 40.8. The molecule has 2 aliphatic heterocycles. The van der Waals surface area contributed by atoms with Crippen molar-refractivity contribution in [2.75, 3.05) is 19.0 Å². The van der Waals surface area contributed by atoms with Crippen LogP contribution in [0.15, 0.2) is 53.3 Å². The Morgan fingerprint density at radius 3 is 1.52 bits per heavy atom. The van der Waals surface area contributed by atoms with Crippen LogP contribution in [-0.4, -0.2) is 19.7 Å². The highest BCUT2D eigenvalue weighted by Gasteiger charge is 2.46. The number of hydrogen-bond donors (Lipinski definition) is 0. The van der Waals surface area contributed by atoms with E-state index in [-0.39, 0.29) is 16.9 Å². The van der Waals surface area contributed by atoms with Crippen LogP contribution in [0.3, 0.4) is 0 Å². The number of unbranched alkanes of at least 4 members (excludes halogenated alkanes) is 24. The number of rotatable bonds is 32. The molecule has 0 aliphatic carbocycles. The molecule has 8 heteroatoms. The van der Waals surface area contributed by atoms with Crippen molar-refractivity contribution in [2.45, 2.75) is 219 Å². The van der Waals surface area contributed by atoms with E-state index < -0.39 is 11.2 Å².